The van der Waals surface area contributed by atoms with E-state index in [1.807, 2.05) is 37.4 Å². The highest BCUT2D eigenvalue weighted by Gasteiger charge is 1.90. The Labute approximate surface area is 67.0 Å². The Morgan fingerprint density at radius 1 is 1.55 bits per heavy atom. The molecule has 0 aliphatic rings. The maximum atomic E-state index is 4.00. The highest BCUT2D eigenvalue weighted by atomic mass is 15.5. The second kappa shape index (κ2) is 4.05. The highest BCUT2D eigenvalue weighted by molar-refractivity contribution is 5.07. The first-order valence-corrected chi connectivity index (χ1v) is 3.59. The van der Waals surface area contributed by atoms with Crippen LogP contribution in [0.5, 0.6) is 0 Å². The summed E-state index contributed by atoms with van der Waals surface area (Å²) in [5.74, 6) is 0. The molecule has 1 N–H and O–H groups in total. The second-order valence-electron chi connectivity index (χ2n) is 2.59. The first kappa shape index (κ1) is 8.17. The molecule has 11 heavy (non-hydrogen) atoms. The molecule has 0 unspecified atom stereocenters. The van der Waals surface area contributed by atoms with Crippen molar-refractivity contribution in [3.05, 3.63) is 30.1 Å². The molecule has 0 saturated carbocycles. The van der Waals surface area contributed by atoms with E-state index in [2.05, 4.69) is 10.4 Å². The van der Waals surface area contributed by atoms with E-state index in [-0.39, 0.29) is 0 Å². The number of hydrazine groups is 1. The van der Waals surface area contributed by atoms with E-state index in [9.17, 15) is 0 Å². The van der Waals surface area contributed by atoms with Crippen LogP contribution in [0.25, 0.3) is 0 Å². The van der Waals surface area contributed by atoms with Gasteiger partial charge in [0.25, 0.3) is 0 Å². The lowest BCUT2D eigenvalue weighted by atomic mass is 10.3. The maximum absolute atomic E-state index is 4.00. The molecule has 0 aromatic carbocycles. The lowest BCUT2D eigenvalue weighted by molar-refractivity contribution is 0.286. The Balaban J connectivity index is 2.39. The van der Waals surface area contributed by atoms with Crippen LogP contribution in [0.15, 0.2) is 24.5 Å². The van der Waals surface area contributed by atoms with Gasteiger partial charge in [-0.05, 0) is 11.6 Å². The first-order chi connectivity index (χ1) is 5.29. The molecule has 0 saturated heterocycles. The van der Waals surface area contributed by atoms with Crippen LogP contribution in [0.1, 0.15) is 5.56 Å². The first-order valence-electron chi connectivity index (χ1n) is 3.59. The van der Waals surface area contributed by atoms with E-state index in [1.54, 1.807) is 6.20 Å². The third kappa shape index (κ3) is 3.11. The van der Waals surface area contributed by atoms with Crippen molar-refractivity contribution in [1.82, 2.24) is 15.4 Å². The zero-order valence-electron chi connectivity index (χ0n) is 6.91. The summed E-state index contributed by atoms with van der Waals surface area (Å²) in [6.07, 6.45) is 3.63. The van der Waals surface area contributed by atoms with E-state index < -0.39 is 0 Å². The minimum atomic E-state index is 0.834. The summed E-state index contributed by atoms with van der Waals surface area (Å²) in [6, 6.07) is 3.98. The third-order valence-corrected chi connectivity index (χ3v) is 1.32. The molecule has 0 amide bonds. The maximum Gasteiger partial charge on any atom is 0.0368 e. The van der Waals surface area contributed by atoms with Crippen molar-refractivity contribution in [2.75, 3.05) is 14.1 Å². The molecule has 0 radical (unpaired) electrons. The van der Waals surface area contributed by atoms with Gasteiger partial charge in [-0.3, -0.25) is 15.4 Å². The van der Waals surface area contributed by atoms with Crippen molar-refractivity contribution in [3.63, 3.8) is 0 Å². The van der Waals surface area contributed by atoms with Gasteiger partial charge in [-0.1, -0.05) is 6.07 Å². The number of rotatable bonds is 3. The van der Waals surface area contributed by atoms with E-state index in [1.165, 1.54) is 5.56 Å². The summed E-state index contributed by atoms with van der Waals surface area (Å²) in [7, 11) is 3.94. The van der Waals surface area contributed by atoms with Crippen LogP contribution in [-0.2, 0) is 6.54 Å². The SMILES string of the molecule is CN(C)NCc1cccnc1. The standard InChI is InChI=1S/C8H13N3/c1-11(2)10-7-8-4-3-5-9-6-8/h3-6,10H,7H2,1-2H3. The topological polar surface area (TPSA) is 28.2 Å². The monoisotopic (exact) mass is 151 g/mol. The number of hydrogen-bond donors (Lipinski definition) is 1. The molecular formula is C8H13N3. The fourth-order valence-corrected chi connectivity index (χ4v) is 0.752. The van der Waals surface area contributed by atoms with E-state index in [4.69, 9.17) is 0 Å². The molecule has 1 heterocycles. The average Bonchev–Trinajstić information content (AvgIpc) is 2.03. The van der Waals surface area contributed by atoms with Crippen molar-refractivity contribution in [3.8, 4) is 0 Å². The normalized spacial score (nSPS) is 10.5. The second-order valence-corrected chi connectivity index (χ2v) is 2.59. The zero-order valence-corrected chi connectivity index (χ0v) is 6.91. The van der Waals surface area contributed by atoms with Gasteiger partial charge in [0.05, 0.1) is 0 Å². The summed E-state index contributed by atoms with van der Waals surface area (Å²) < 4.78 is 0. The van der Waals surface area contributed by atoms with Gasteiger partial charge in [-0.2, -0.15) is 0 Å². The quantitative estimate of drug-likeness (QED) is 0.643. The Hall–Kier alpha value is -0.930. The number of pyridine rings is 1. The van der Waals surface area contributed by atoms with Crippen molar-refractivity contribution in [2.45, 2.75) is 6.54 Å². The van der Waals surface area contributed by atoms with Crippen molar-refractivity contribution >= 4 is 0 Å². The van der Waals surface area contributed by atoms with Gasteiger partial charge in [0.1, 0.15) is 0 Å². The number of aromatic nitrogens is 1. The van der Waals surface area contributed by atoms with Gasteiger partial charge in [-0.25, -0.2) is 0 Å². The minimum Gasteiger partial charge on any atom is -0.264 e. The Kier molecular flexibility index (Phi) is 3.01. The minimum absolute atomic E-state index is 0.834. The molecule has 1 aromatic rings. The Morgan fingerprint density at radius 3 is 2.91 bits per heavy atom. The lowest BCUT2D eigenvalue weighted by Crippen LogP contribution is -2.29. The number of nitrogens with one attached hydrogen (secondary N) is 1. The molecule has 1 aromatic heterocycles. The van der Waals surface area contributed by atoms with Gasteiger partial charge in [-0.15, -0.1) is 0 Å². The summed E-state index contributed by atoms with van der Waals surface area (Å²) >= 11 is 0. The zero-order chi connectivity index (χ0) is 8.10. The van der Waals surface area contributed by atoms with Crippen LogP contribution in [0.4, 0.5) is 0 Å². The van der Waals surface area contributed by atoms with Crippen LogP contribution in [0.2, 0.25) is 0 Å². The smallest absolute Gasteiger partial charge is 0.0368 e. The largest absolute Gasteiger partial charge is 0.264 e. The van der Waals surface area contributed by atoms with Crippen LogP contribution < -0.4 is 5.43 Å². The van der Waals surface area contributed by atoms with Gasteiger partial charge in [0.2, 0.25) is 0 Å². The van der Waals surface area contributed by atoms with Gasteiger partial charge >= 0.3 is 0 Å². The summed E-state index contributed by atoms with van der Waals surface area (Å²) in [5.41, 5.74) is 4.35. The molecule has 0 fully saturated rings. The molecule has 1 rings (SSSR count). The van der Waals surface area contributed by atoms with Crippen LogP contribution in [-0.4, -0.2) is 24.1 Å². The molecule has 60 valence electrons. The molecular weight excluding hydrogens is 138 g/mol. The third-order valence-electron chi connectivity index (χ3n) is 1.32. The van der Waals surface area contributed by atoms with Crippen LogP contribution in [0, 0.1) is 0 Å². The molecule has 3 nitrogen and oxygen atoms in total. The van der Waals surface area contributed by atoms with Gasteiger partial charge < -0.3 is 0 Å². The van der Waals surface area contributed by atoms with Crippen LogP contribution >= 0.6 is 0 Å². The number of nitrogens with zero attached hydrogens (tertiary/aromatic N) is 2. The van der Waals surface area contributed by atoms with Crippen LogP contribution in [0.3, 0.4) is 0 Å². The molecule has 0 aliphatic heterocycles. The fourth-order valence-electron chi connectivity index (χ4n) is 0.752. The van der Waals surface area contributed by atoms with Gasteiger partial charge in [0.15, 0.2) is 0 Å². The molecule has 0 bridgehead atoms. The predicted molar refractivity (Wildman–Crippen MR) is 44.8 cm³/mol. The summed E-state index contributed by atoms with van der Waals surface area (Å²) in [5, 5.41) is 1.92. The van der Waals surface area contributed by atoms with E-state index >= 15 is 0 Å². The molecule has 0 spiro atoms. The van der Waals surface area contributed by atoms with E-state index in [0.717, 1.165) is 6.54 Å². The highest BCUT2D eigenvalue weighted by Crippen LogP contribution is 1.93. The summed E-state index contributed by atoms with van der Waals surface area (Å²) in [6.45, 7) is 0.834. The number of hydrogen-bond acceptors (Lipinski definition) is 3. The Bertz CT molecular complexity index is 196. The van der Waals surface area contributed by atoms with Gasteiger partial charge in [0, 0.05) is 33.0 Å². The predicted octanol–water partition coefficient (Wildman–Crippen LogP) is 0.648. The lowest BCUT2D eigenvalue weighted by Gasteiger charge is -2.10. The van der Waals surface area contributed by atoms with Crippen molar-refractivity contribution in [2.24, 2.45) is 0 Å². The molecule has 3 heteroatoms. The molecule has 0 aliphatic carbocycles. The van der Waals surface area contributed by atoms with Crippen molar-refractivity contribution in [1.29, 1.82) is 0 Å². The van der Waals surface area contributed by atoms with E-state index in [0.29, 0.717) is 0 Å². The average molecular weight is 151 g/mol. The fraction of sp³-hybridized carbons (Fsp3) is 0.375. The Morgan fingerprint density at radius 2 is 2.36 bits per heavy atom. The van der Waals surface area contributed by atoms with Crippen molar-refractivity contribution < 1.29 is 0 Å². The summed E-state index contributed by atoms with van der Waals surface area (Å²) in [4.78, 5) is 4.00. The molecule has 0 atom stereocenters.